The van der Waals surface area contributed by atoms with Crippen LogP contribution >= 0.6 is 0 Å². The summed E-state index contributed by atoms with van der Waals surface area (Å²) in [6, 6.07) is 6.89. The zero-order chi connectivity index (χ0) is 15.3. The van der Waals surface area contributed by atoms with Crippen molar-refractivity contribution in [1.82, 2.24) is 10.2 Å². The fourth-order valence-corrected chi connectivity index (χ4v) is 2.26. The maximum absolute atomic E-state index is 12.5. The minimum Gasteiger partial charge on any atom is -0.492 e. The molecular formula is C16H22N2O3. The predicted molar refractivity (Wildman–Crippen MR) is 80.6 cm³/mol. The van der Waals surface area contributed by atoms with Crippen LogP contribution in [-0.2, 0) is 4.79 Å². The number of benzene rings is 1. The van der Waals surface area contributed by atoms with E-state index < -0.39 is 5.41 Å². The van der Waals surface area contributed by atoms with E-state index in [0.29, 0.717) is 17.9 Å². The normalized spacial score (nSPS) is 15.6. The van der Waals surface area contributed by atoms with Gasteiger partial charge < -0.3 is 15.0 Å². The first kappa shape index (κ1) is 15.5. The smallest absolute Gasteiger partial charge is 0.231 e. The second-order valence-electron chi connectivity index (χ2n) is 5.90. The quantitative estimate of drug-likeness (QED) is 0.831. The average Bonchev–Trinajstić information content (AvgIpc) is 2.53. The zero-order valence-electron chi connectivity index (χ0n) is 12.6. The number of piperazine rings is 1. The first-order valence-electron chi connectivity index (χ1n) is 7.21. The number of aldehydes is 1. The fraction of sp³-hybridized carbons (Fsp3) is 0.500. The molecule has 0 bridgehead atoms. The van der Waals surface area contributed by atoms with E-state index in [4.69, 9.17) is 4.74 Å². The summed E-state index contributed by atoms with van der Waals surface area (Å²) in [5.74, 6) is 0.787. The van der Waals surface area contributed by atoms with Gasteiger partial charge in [-0.25, -0.2) is 0 Å². The highest BCUT2D eigenvalue weighted by atomic mass is 16.5. The lowest BCUT2D eigenvalue weighted by Gasteiger charge is -2.34. The molecular weight excluding hydrogens is 268 g/mol. The van der Waals surface area contributed by atoms with Crippen molar-refractivity contribution < 1.29 is 14.3 Å². The van der Waals surface area contributed by atoms with Crippen LogP contribution < -0.4 is 10.1 Å². The van der Waals surface area contributed by atoms with Crippen LogP contribution in [0, 0.1) is 5.41 Å². The Kier molecular flexibility index (Phi) is 4.96. The Bertz CT molecular complexity index is 491. The van der Waals surface area contributed by atoms with E-state index in [2.05, 4.69) is 5.32 Å². The molecule has 0 aromatic heterocycles. The predicted octanol–water partition coefficient (Wildman–Crippen LogP) is 1.34. The van der Waals surface area contributed by atoms with Gasteiger partial charge in [-0.1, -0.05) is 0 Å². The molecule has 0 unspecified atom stereocenters. The fourth-order valence-electron chi connectivity index (χ4n) is 2.26. The van der Waals surface area contributed by atoms with Gasteiger partial charge in [0, 0.05) is 31.7 Å². The van der Waals surface area contributed by atoms with E-state index in [1.165, 1.54) is 0 Å². The van der Waals surface area contributed by atoms with Gasteiger partial charge >= 0.3 is 0 Å². The van der Waals surface area contributed by atoms with E-state index in [1.807, 2.05) is 18.7 Å². The van der Waals surface area contributed by atoms with Crippen molar-refractivity contribution in [2.75, 3.05) is 32.8 Å². The molecule has 2 rings (SSSR count). The van der Waals surface area contributed by atoms with Crippen LogP contribution in [0.3, 0.4) is 0 Å². The van der Waals surface area contributed by atoms with Crippen LogP contribution in [0.4, 0.5) is 0 Å². The molecule has 1 heterocycles. The van der Waals surface area contributed by atoms with E-state index in [1.54, 1.807) is 24.3 Å². The van der Waals surface area contributed by atoms with Crippen LogP contribution in [0.5, 0.6) is 5.75 Å². The van der Waals surface area contributed by atoms with Crippen LogP contribution in [0.2, 0.25) is 0 Å². The molecule has 1 saturated heterocycles. The summed E-state index contributed by atoms with van der Waals surface area (Å²) in [6.45, 7) is 7.29. The summed E-state index contributed by atoms with van der Waals surface area (Å²) in [5.41, 5.74) is 0.0409. The van der Waals surface area contributed by atoms with Crippen LogP contribution in [-0.4, -0.2) is 49.9 Å². The Morgan fingerprint density at radius 3 is 2.48 bits per heavy atom. The molecule has 1 fully saturated rings. The zero-order valence-corrected chi connectivity index (χ0v) is 12.6. The lowest BCUT2D eigenvalue weighted by Crippen LogP contribution is -2.51. The summed E-state index contributed by atoms with van der Waals surface area (Å²) in [5, 5.41) is 3.24. The number of carbonyl (C=O) groups excluding carboxylic acids is 2. The maximum atomic E-state index is 12.5. The van der Waals surface area contributed by atoms with Crippen molar-refractivity contribution >= 4 is 12.2 Å². The second kappa shape index (κ2) is 6.72. The third-order valence-electron chi connectivity index (χ3n) is 3.60. The van der Waals surface area contributed by atoms with E-state index in [-0.39, 0.29) is 5.91 Å². The lowest BCUT2D eigenvalue weighted by molar-refractivity contribution is -0.142. The van der Waals surface area contributed by atoms with Crippen LogP contribution in [0.25, 0.3) is 0 Å². The number of amides is 1. The van der Waals surface area contributed by atoms with Gasteiger partial charge in [-0.2, -0.15) is 0 Å². The minimum absolute atomic E-state index is 0.119. The highest BCUT2D eigenvalue weighted by Crippen LogP contribution is 2.22. The summed E-state index contributed by atoms with van der Waals surface area (Å²) >= 11 is 0. The number of rotatable bonds is 5. The standard InChI is InChI=1S/C16H22N2O3/c1-16(2,15(20)18-9-7-17-8-10-18)12-21-14-5-3-13(11-19)4-6-14/h3-6,11,17H,7-10,12H2,1-2H3. The molecule has 0 saturated carbocycles. The van der Waals surface area contributed by atoms with Gasteiger partial charge in [-0.05, 0) is 38.1 Å². The number of carbonyl (C=O) groups is 2. The highest BCUT2D eigenvalue weighted by Gasteiger charge is 2.33. The van der Waals surface area contributed by atoms with Gasteiger partial charge in [0.2, 0.25) is 5.91 Å². The average molecular weight is 290 g/mol. The molecule has 0 radical (unpaired) electrons. The van der Waals surface area contributed by atoms with Gasteiger partial charge in [-0.3, -0.25) is 9.59 Å². The molecule has 5 nitrogen and oxygen atoms in total. The third-order valence-corrected chi connectivity index (χ3v) is 3.60. The topological polar surface area (TPSA) is 58.6 Å². The Labute approximate surface area is 125 Å². The van der Waals surface area contributed by atoms with E-state index >= 15 is 0 Å². The van der Waals surface area contributed by atoms with Crippen LogP contribution in [0.1, 0.15) is 24.2 Å². The van der Waals surface area contributed by atoms with E-state index in [0.717, 1.165) is 32.5 Å². The van der Waals surface area contributed by atoms with Crippen molar-refractivity contribution in [2.24, 2.45) is 5.41 Å². The molecule has 21 heavy (non-hydrogen) atoms. The molecule has 0 spiro atoms. The molecule has 1 N–H and O–H groups in total. The SMILES string of the molecule is CC(C)(COc1ccc(C=O)cc1)C(=O)N1CCNCC1. The number of hydrogen-bond acceptors (Lipinski definition) is 4. The van der Waals surface area contributed by atoms with Crippen molar-refractivity contribution in [3.8, 4) is 5.75 Å². The van der Waals surface area contributed by atoms with Crippen molar-refractivity contribution in [2.45, 2.75) is 13.8 Å². The number of hydrogen-bond donors (Lipinski definition) is 1. The van der Waals surface area contributed by atoms with Crippen LogP contribution in [0.15, 0.2) is 24.3 Å². The largest absolute Gasteiger partial charge is 0.492 e. The van der Waals surface area contributed by atoms with Gasteiger partial charge in [0.15, 0.2) is 0 Å². The van der Waals surface area contributed by atoms with Gasteiger partial charge in [0.05, 0.1) is 5.41 Å². The minimum atomic E-state index is -0.569. The molecule has 0 aliphatic carbocycles. The van der Waals surface area contributed by atoms with Gasteiger partial charge in [0.1, 0.15) is 18.6 Å². The highest BCUT2D eigenvalue weighted by molar-refractivity contribution is 5.82. The molecule has 1 amide bonds. The Morgan fingerprint density at radius 2 is 1.90 bits per heavy atom. The van der Waals surface area contributed by atoms with E-state index in [9.17, 15) is 9.59 Å². The molecule has 1 aromatic carbocycles. The summed E-state index contributed by atoms with van der Waals surface area (Å²) in [6.07, 6.45) is 0.793. The first-order valence-corrected chi connectivity index (χ1v) is 7.21. The number of nitrogens with zero attached hydrogens (tertiary/aromatic N) is 1. The monoisotopic (exact) mass is 290 g/mol. The Morgan fingerprint density at radius 1 is 1.29 bits per heavy atom. The molecule has 114 valence electrons. The third kappa shape index (κ3) is 4.04. The summed E-state index contributed by atoms with van der Waals surface area (Å²) < 4.78 is 5.70. The number of ether oxygens (including phenoxy) is 1. The molecule has 5 heteroatoms. The number of nitrogens with one attached hydrogen (secondary N) is 1. The molecule has 0 atom stereocenters. The lowest BCUT2D eigenvalue weighted by atomic mass is 9.92. The van der Waals surface area contributed by atoms with Gasteiger partial charge in [0.25, 0.3) is 0 Å². The molecule has 1 aliphatic heterocycles. The van der Waals surface area contributed by atoms with Crippen molar-refractivity contribution in [3.05, 3.63) is 29.8 Å². The molecule has 1 aliphatic rings. The Balaban J connectivity index is 1.92. The Hall–Kier alpha value is -1.88. The summed E-state index contributed by atoms with van der Waals surface area (Å²) in [4.78, 5) is 25.0. The van der Waals surface area contributed by atoms with Crippen molar-refractivity contribution in [3.63, 3.8) is 0 Å². The molecule has 1 aromatic rings. The second-order valence-corrected chi connectivity index (χ2v) is 5.90. The first-order chi connectivity index (χ1) is 10.0. The van der Waals surface area contributed by atoms with Crippen molar-refractivity contribution in [1.29, 1.82) is 0 Å². The summed E-state index contributed by atoms with van der Waals surface area (Å²) in [7, 11) is 0. The maximum Gasteiger partial charge on any atom is 0.231 e. The van der Waals surface area contributed by atoms with Gasteiger partial charge in [-0.15, -0.1) is 0 Å².